The summed E-state index contributed by atoms with van der Waals surface area (Å²) >= 11 is 6.16. The smallest absolute Gasteiger partial charge is 0.292 e. The Balaban J connectivity index is 1.92. The molecule has 2 N–H and O–H groups in total. The molecule has 0 fully saturated rings. The van der Waals surface area contributed by atoms with Gasteiger partial charge in [-0.15, -0.1) is 0 Å². The number of benzene rings is 3. The zero-order valence-electron chi connectivity index (χ0n) is 13.6. The number of halogens is 2. The van der Waals surface area contributed by atoms with Crippen LogP contribution in [-0.4, -0.2) is 15.8 Å². The van der Waals surface area contributed by atoms with Crippen LogP contribution in [0.2, 0.25) is 5.02 Å². The van der Waals surface area contributed by atoms with Crippen molar-refractivity contribution in [3.05, 3.63) is 92.7 Å². The number of carbonyl (C=O) groups is 1. The van der Waals surface area contributed by atoms with Crippen molar-refractivity contribution in [2.75, 3.05) is 5.32 Å². The normalized spacial score (nSPS) is 10.4. The summed E-state index contributed by atoms with van der Waals surface area (Å²) in [5, 5.41) is 23.4. The standard InChI is InChI=1S/C19H12ClFN2O4/c20-14-10-11(22-15-5-1-2-6-16(15)23(26)27)8-9-12(14)19(25)13-4-3-7-17(24)18(13)21/h1-10,22,24H. The fraction of sp³-hybridized carbons (Fsp3) is 0. The summed E-state index contributed by atoms with van der Waals surface area (Å²) in [6, 6.07) is 14.1. The average molecular weight is 387 g/mol. The van der Waals surface area contributed by atoms with E-state index < -0.39 is 22.3 Å². The predicted molar refractivity (Wildman–Crippen MR) is 99.3 cm³/mol. The molecular formula is C19H12ClFN2O4. The highest BCUT2D eigenvalue weighted by Crippen LogP contribution is 2.31. The van der Waals surface area contributed by atoms with Crippen LogP contribution in [0.3, 0.4) is 0 Å². The largest absolute Gasteiger partial charge is 0.505 e. The lowest BCUT2D eigenvalue weighted by Crippen LogP contribution is -2.05. The number of nitrogens with one attached hydrogen (secondary N) is 1. The maximum absolute atomic E-state index is 14.0. The van der Waals surface area contributed by atoms with Crippen LogP contribution >= 0.6 is 11.6 Å². The average Bonchev–Trinajstić information content (AvgIpc) is 2.64. The van der Waals surface area contributed by atoms with Crippen molar-refractivity contribution in [3.8, 4) is 5.75 Å². The van der Waals surface area contributed by atoms with Gasteiger partial charge in [-0.2, -0.15) is 0 Å². The second-order valence-electron chi connectivity index (χ2n) is 5.56. The second-order valence-corrected chi connectivity index (χ2v) is 5.97. The molecule has 0 aromatic heterocycles. The Morgan fingerprint density at radius 1 is 1.07 bits per heavy atom. The number of ketones is 1. The highest BCUT2D eigenvalue weighted by molar-refractivity contribution is 6.35. The summed E-state index contributed by atoms with van der Waals surface area (Å²) in [7, 11) is 0. The minimum absolute atomic E-state index is 0.0336. The Bertz CT molecular complexity index is 1060. The van der Waals surface area contributed by atoms with E-state index >= 15 is 0 Å². The summed E-state index contributed by atoms with van der Waals surface area (Å²) in [5.74, 6) is -2.35. The zero-order valence-corrected chi connectivity index (χ0v) is 14.4. The maximum Gasteiger partial charge on any atom is 0.292 e. The van der Waals surface area contributed by atoms with E-state index in [-0.39, 0.29) is 27.5 Å². The SMILES string of the molecule is O=C(c1ccc(Nc2ccccc2[N+](=O)[O-])cc1Cl)c1cccc(O)c1F. The number of nitrogens with zero attached hydrogens (tertiary/aromatic N) is 1. The molecule has 136 valence electrons. The lowest BCUT2D eigenvalue weighted by atomic mass is 10.0. The van der Waals surface area contributed by atoms with E-state index in [1.165, 1.54) is 42.5 Å². The number of hydrogen-bond donors (Lipinski definition) is 2. The number of phenolic OH excluding ortho intramolecular Hbond substituents is 1. The minimum atomic E-state index is -1.03. The Labute approximate surface area is 158 Å². The van der Waals surface area contributed by atoms with Gasteiger partial charge in [0.15, 0.2) is 17.3 Å². The molecule has 0 heterocycles. The van der Waals surface area contributed by atoms with Gasteiger partial charge >= 0.3 is 0 Å². The van der Waals surface area contributed by atoms with Gasteiger partial charge in [0.1, 0.15) is 5.69 Å². The highest BCUT2D eigenvalue weighted by atomic mass is 35.5. The number of para-hydroxylation sites is 2. The molecule has 6 nitrogen and oxygen atoms in total. The lowest BCUT2D eigenvalue weighted by molar-refractivity contribution is -0.383. The van der Waals surface area contributed by atoms with Crippen molar-refractivity contribution >= 4 is 34.4 Å². The van der Waals surface area contributed by atoms with E-state index in [4.69, 9.17) is 11.6 Å². The number of phenols is 1. The third kappa shape index (κ3) is 3.73. The zero-order chi connectivity index (χ0) is 19.6. The van der Waals surface area contributed by atoms with Crippen molar-refractivity contribution in [3.63, 3.8) is 0 Å². The molecule has 8 heteroatoms. The van der Waals surface area contributed by atoms with E-state index in [9.17, 15) is 24.4 Å². The molecule has 0 unspecified atom stereocenters. The van der Waals surface area contributed by atoms with Crippen LogP contribution in [0.5, 0.6) is 5.75 Å². The molecule has 0 amide bonds. The summed E-state index contributed by atoms with van der Waals surface area (Å²) < 4.78 is 14.0. The number of aromatic hydroxyl groups is 1. The molecule has 0 saturated heterocycles. The minimum Gasteiger partial charge on any atom is -0.505 e. The number of nitro benzene ring substituents is 1. The van der Waals surface area contributed by atoms with Crippen LogP contribution in [0.15, 0.2) is 60.7 Å². The van der Waals surface area contributed by atoms with Crippen molar-refractivity contribution in [1.82, 2.24) is 0 Å². The van der Waals surface area contributed by atoms with Crippen LogP contribution in [0, 0.1) is 15.9 Å². The molecule has 27 heavy (non-hydrogen) atoms. The van der Waals surface area contributed by atoms with E-state index in [1.54, 1.807) is 12.1 Å². The third-order valence-electron chi connectivity index (χ3n) is 3.82. The van der Waals surface area contributed by atoms with Gasteiger partial charge in [0.25, 0.3) is 5.69 Å². The topological polar surface area (TPSA) is 92.5 Å². The molecule has 0 radical (unpaired) electrons. The van der Waals surface area contributed by atoms with Gasteiger partial charge in [-0.05, 0) is 36.4 Å². The van der Waals surface area contributed by atoms with Crippen LogP contribution in [0.1, 0.15) is 15.9 Å². The highest BCUT2D eigenvalue weighted by Gasteiger charge is 2.19. The van der Waals surface area contributed by atoms with Crippen molar-refractivity contribution in [1.29, 1.82) is 0 Å². The third-order valence-corrected chi connectivity index (χ3v) is 4.13. The summed E-state index contributed by atoms with van der Waals surface area (Å²) in [6.45, 7) is 0. The van der Waals surface area contributed by atoms with Gasteiger partial charge in [0.2, 0.25) is 0 Å². The van der Waals surface area contributed by atoms with E-state index in [2.05, 4.69) is 5.32 Å². The van der Waals surface area contributed by atoms with Crippen molar-refractivity contribution < 1.29 is 19.2 Å². The molecule has 0 saturated carbocycles. The molecule has 0 aliphatic carbocycles. The quantitative estimate of drug-likeness (QED) is 0.363. The molecule has 3 rings (SSSR count). The first-order valence-corrected chi connectivity index (χ1v) is 8.08. The van der Waals surface area contributed by atoms with Crippen LogP contribution in [-0.2, 0) is 0 Å². The molecule has 0 aliphatic heterocycles. The van der Waals surface area contributed by atoms with Crippen LogP contribution < -0.4 is 5.32 Å². The number of rotatable bonds is 5. The second kappa shape index (κ2) is 7.43. The Kier molecular flexibility index (Phi) is 5.05. The van der Waals surface area contributed by atoms with Gasteiger partial charge in [-0.25, -0.2) is 4.39 Å². The summed E-state index contributed by atoms with van der Waals surface area (Å²) in [5.41, 5.74) is 0.292. The van der Waals surface area contributed by atoms with Gasteiger partial charge in [0.05, 0.1) is 15.5 Å². The fourth-order valence-electron chi connectivity index (χ4n) is 2.51. The molecule has 0 atom stereocenters. The van der Waals surface area contributed by atoms with E-state index in [1.807, 2.05) is 0 Å². The van der Waals surface area contributed by atoms with Crippen molar-refractivity contribution in [2.24, 2.45) is 0 Å². The molecule has 3 aromatic rings. The first kappa shape index (κ1) is 18.3. The van der Waals surface area contributed by atoms with Gasteiger partial charge in [-0.3, -0.25) is 14.9 Å². The lowest BCUT2D eigenvalue weighted by Gasteiger charge is -2.10. The molecule has 0 aliphatic rings. The monoisotopic (exact) mass is 386 g/mol. The van der Waals surface area contributed by atoms with Crippen molar-refractivity contribution in [2.45, 2.75) is 0 Å². The van der Waals surface area contributed by atoms with Gasteiger partial charge < -0.3 is 10.4 Å². The fourth-order valence-corrected chi connectivity index (χ4v) is 2.78. The Morgan fingerprint density at radius 2 is 1.81 bits per heavy atom. The first-order valence-electron chi connectivity index (χ1n) is 7.70. The molecule has 0 spiro atoms. The van der Waals surface area contributed by atoms with E-state index in [0.717, 1.165) is 6.07 Å². The predicted octanol–water partition coefficient (Wildman–Crippen LogP) is 5.07. The molecule has 3 aromatic carbocycles. The number of nitro groups is 1. The maximum atomic E-state index is 14.0. The van der Waals surface area contributed by atoms with Gasteiger partial charge in [0, 0.05) is 17.3 Å². The molecule has 0 bridgehead atoms. The first-order chi connectivity index (χ1) is 12.9. The van der Waals surface area contributed by atoms with E-state index in [0.29, 0.717) is 5.69 Å². The summed E-state index contributed by atoms with van der Waals surface area (Å²) in [6.07, 6.45) is 0. The number of anilines is 2. The van der Waals surface area contributed by atoms with Crippen LogP contribution in [0.4, 0.5) is 21.5 Å². The number of carbonyl (C=O) groups excluding carboxylic acids is 1. The van der Waals surface area contributed by atoms with Crippen LogP contribution in [0.25, 0.3) is 0 Å². The number of hydrogen-bond acceptors (Lipinski definition) is 5. The summed E-state index contributed by atoms with van der Waals surface area (Å²) in [4.78, 5) is 23.1. The Morgan fingerprint density at radius 3 is 2.52 bits per heavy atom. The Hall–Kier alpha value is -3.45. The van der Waals surface area contributed by atoms with Gasteiger partial charge in [-0.1, -0.05) is 29.8 Å². The molecular weight excluding hydrogens is 375 g/mol.